The summed E-state index contributed by atoms with van der Waals surface area (Å²) in [5, 5.41) is 6.71. The number of carbonyl (C=O) groups excluding carboxylic acids is 1. The minimum atomic E-state index is -0.447. The van der Waals surface area contributed by atoms with Gasteiger partial charge in [0, 0.05) is 49.7 Å². The molecule has 1 N–H and O–H groups in total. The van der Waals surface area contributed by atoms with Gasteiger partial charge in [0.2, 0.25) is 0 Å². The number of carbonyl (C=O) groups is 1. The molecule has 1 aliphatic rings. The first-order valence-electron chi connectivity index (χ1n) is 10.7. The second kappa shape index (κ2) is 9.52. The average molecular weight is 443 g/mol. The van der Waals surface area contributed by atoms with Crippen LogP contribution in [0.2, 0.25) is 0 Å². The zero-order chi connectivity index (χ0) is 23.4. The molecule has 0 fully saturated rings. The number of ether oxygens (including phenoxy) is 1. The third-order valence-electron chi connectivity index (χ3n) is 5.35. The average Bonchev–Trinajstić information content (AvgIpc) is 3.27. The van der Waals surface area contributed by atoms with Gasteiger partial charge in [-0.1, -0.05) is 30.3 Å². The maximum atomic E-state index is 12.6. The van der Waals surface area contributed by atoms with Gasteiger partial charge in [0.25, 0.3) is 0 Å². The lowest BCUT2D eigenvalue weighted by Crippen LogP contribution is -2.33. The number of hydrogen-bond donors (Lipinski definition) is 1. The molecule has 168 valence electrons. The molecule has 0 amide bonds. The Bertz CT molecular complexity index is 1270. The van der Waals surface area contributed by atoms with Gasteiger partial charge in [-0.15, -0.1) is 0 Å². The molecule has 3 heterocycles. The molecular formula is C25H26N6O2. The highest BCUT2D eigenvalue weighted by atomic mass is 16.5. The summed E-state index contributed by atoms with van der Waals surface area (Å²) in [5.74, 6) is 0.654. The van der Waals surface area contributed by atoms with E-state index in [0.717, 1.165) is 28.0 Å². The maximum absolute atomic E-state index is 12.6. The van der Waals surface area contributed by atoms with Crippen LogP contribution < -0.4 is 0 Å². The van der Waals surface area contributed by atoms with Crippen molar-refractivity contribution in [3.05, 3.63) is 89.3 Å². The number of esters is 1. The summed E-state index contributed by atoms with van der Waals surface area (Å²) < 4.78 is 5.23. The Labute approximate surface area is 192 Å². The highest BCUT2D eigenvalue weighted by Crippen LogP contribution is 2.30. The Morgan fingerprint density at radius 1 is 1.24 bits per heavy atom. The van der Waals surface area contributed by atoms with E-state index >= 15 is 0 Å². The lowest BCUT2D eigenvalue weighted by atomic mass is 10.1. The van der Waals surface area contributed by atoms with E-state index in [4.69, 9.17) is 9.73 Å². The van der Waals surface area contributed by atoms with Gasteiger partial charge in [-0.3, -0.25) is 0 Å². The molecule has 33 heavy (non-hydrogen) atoms. The number of aromatic nitrogens is 2. The van der Waals surface area contributed by atoms with E-state index in [1.165, 1.54) is 0 Å². The number of hydrogen-bond acceptors (Lipinski definition) is 7. The minimum absolute atomic E-state index is 0.270. The highest BCUT2D eigenvalue weighted by Gasteiger charge is 2.28. The summed E-state index contributed by atoms with van der Waals surface area (Å²) in [6, 6.07) is 14.0. The predicted octanol–water partition coefficient (Wildman–Crippen LogP) is 4.05. The number of nitrogens with one attached hydrogen (secondary N) is 1. The van der Waals surface area contributed by atoms with Gasteiger partial charge >= 0.3 is 5.97 Å². The minimum Gasteiger partial charge on any atom is -0.463 e. The van der Waals surface area contributed by atoms with Crippen molar-refractivity contribution >= 4 is 29.4 Å². The number of H-pyrrole nitrogens is 1. The van der Waals surface area contributed by atoms with E-state index in [0.29, 0.717) is 23.7 Å². The molecule has 0 saturated heterocycles. The molecule has 0 saturated carbocycles. The Hall–Kier alpha value is -4.20. The molecule has 0 aliphatic carbocycles. The monoisotopic (exact) mass is 442 g/mol. The zero-order valence-corrected chi connectivity index (χ0v) is 18.9. The fourth-order valence-corrected chi connectivity index (χ4v) is 3.71. The van der Waals surface area contributed by atoms with Crippen LogP contribution in [0.15, 0.2) is 88.2 Å². The Kier molecular flexibility index (Phi) is 6.35. The van der Waals surface area contributed by atoms with Gasteiger partial charge in [-0.05, 0) is 31.5 Å². The van der Waals surface area contributed by atoms with E-state index in [1.54, 1.807) is 25.1 Å². The fourth-order valence-electron chi connectivity index (χ4n) is 3.71. The number of aliphatic imine (C=N–C) groups is 1. The van der Waals surface area contributed by atoms with Crippen molar-refractivity contribution in [3.8, 4) is 0 Å². The van der Waals surface area contributed by atoms with E-state index in [1.807, 2.05) is 54.6 Å². The second-order valence-electron chi connectivity index (χ2n) is 7.57. The molecule has 0 atom stereocenters. The van der Waals surface area contributed by atoms with Crippen LogP contribution in [0, 0.1) is 0 Å². The highest BCUT2D eigenvalue weighted by molar-refractivity contribution is 6.17. The van der Waals surface area contributed by atoms with Gasteiger partial charge in [0.15, 0.2) is 5.82 Å². The van der Waals surface area contributed by atoms with Gasteiger partial charge in [0.1, 0.15) is 11.5 Å². The SMILES string of the molecule is C=NN1C(N(C)Cc2ccccc2)=CC(c2c[nH]c3ncccc23)=N/C1=C(/C)C(=O)OCC. The van der Waals surface area contributed by atoms with Crippen LogP contribution in [-0.2, 0) is 16.1 Å². The molecule has 8 nitrogen and oxygen atoms in total. The molecule has 0 spiro atoms. The van der Waals surface area contributed by atoms with Crippen LogP contribution in [0.25, 0.3) is 11.0 Å². The smallest absolute Gasteiger partial charge is 0.337 e. The number of aromatic amines is 1. The van der Waals surface area contributed by atoms with Crippen molar-refractivity contribution in [1.82, 2.24) is 19.9 Å². The molecule has 4 rings (SSSR count). The molecule has 2 aromatic heterocycles. The van der Waals surface area contributed by atoms with Crippen molar-refractivity contribution in [2.24, 2.45) is 10.1 Å². The largest absolute Gasteiger partial charge is 0.463 e. The molecule has 0 unspecified atom stereocenters. The summed E-state index contributed by atoms with van der Waals surface area (Å²) in [6.45, 7) is 8.09. The first-order valence-corrected chi connectivity index (χ1v) is 10.7. The van der Waals surface area contributed by atoms with Gasteiger partial charge in [0.05, 0.1) is 17.9 Å². The normalized spacial score (nSPS) is 15.1. The van der Waals surface area contributed by atoms with Crippen molar-refractivity contribution in [2.75, 3.05) is 13.7 Å². The van der Waals surface area contributed by atoms with Crippen molar-refractivity contribution in [2.45, 2.75) is 20.4 Å². The van der Waals surface area contributed by atoms with Gasteiger partial charge < -0.3 is 14.6 Å². The summed E-state index contributed by atoms with van der Waals surface area (Å²) in [4.78, 5) is 27.0. The van der Waals surface area contributed by atoms with Gasteiger partial charge in [-0.25, -0.2) is 14.8 Å². The Balaban J connectivity index is 1.84. The van der Waals surface area contributed by atoms with Crippen LogP contribution in [0.4, 0.5) is 0 Å². The molecular weight excluding hydrogens is 416 g/mol. The second-order valence-corrected chi connectivity index (χ2v) is 7.57. The Morgan fingerprint density at radius 2 is 2.03 bits per heavy atom. The summed E-state index contributed by atoms with van der Waals surface area (Å²) in [7, 11) is 1.97. The van der Waals surface area contributed by atoms with Gasteiger partial charge in [-0.2, -0.15) is 10.1 Å². The van der Waals surface area contributed by atoms with Crippen LogP contribution in [0.3, 0.4) is 0 Å². The summed E-state index contributed by atoms with van der Waals surface area (Å²) in [6.07, 6.45) is 5.55. The van der Waals surface area contributed by atoms with Crippen molar-refractivity contribution in [3.63, 3.8) is 0 Å². The fraction of sp³-hybridized carbons (Fsp3) is 0.200. The topological polar surface area (TPSA) is 86.2 Å². The number of nitrogens with zero attached hydrogens (tertiary/aromatic N) is 5. The van der Waals surface area contributed by atoms with E-state index in [-0.39, 0.29) is 6.61 Å². The number of benzene rings is 1. The number of pyridine rings is 1. The third kappa shape index (κ3) is 4.41. The van der Waals surface area contributed by atoms with Crippen molar-refractivity contribution in [1.29, 1.82) is 0 Å². The molecule has 8 heteroatoms. The van der Waals surface area contributed by atoms with Crippen LogP contribution in [0.5, 0.6) is 0 Å². The standard InChI is InChI=1S/C25H26N6O2/c1-5-33-25(32)17(2)24-29-21(20-15-28-23-19(20)12-9-13-27-23)14-22(31(24)26-3)30(4)16-18-10-7-6-8-11-18/h6-15H,3,5,16H2,1-2,4H3,(H,27,28)/b24-17+. The molecule has 0 radical (unpaired) electrons. The first-order chi connectivity index (χ1) is 16.0. The van der Waals surface area contributed by atoms with Crippen LogP contribution >= 0.6 is 0 Å². The number of allylic oxidation sites excluding steroid dienone is 1. The van der Waals surface area contributed by atoms with E-state index < -0.39 is 5.97 Å². The zero-order valence-electron chi connectivity index (χ0n) is 18.9. The molecule has 1 aromatic carbocycles. The lowest BCUT2D eigenvalue weighted by molar-refractivity contribution is -0.138. The first kappa shape index (κ1) is 22.0. The van der Waals surface area contributed by atoms with E-state index in [9.17, 15) is 4.79 Å². The summed E-state index contributed by atoms with van der Waals surface area (Å²) >= 11 is 0. The van der Waals surface area contributed by atoms with Crippen LogP contribution in [-0.4, -0.2) is 51.9 Å². The maximum Gasteiger partial charge on any atom is 0.337 e. The van der Waals surface area contributed by atoms with Crippen molar-refractivity contribution < 1.29 is 9.53 Å². The van der Waals surface area contributed by atoms with E-state index in [2.05, 4.69) is 33.9 Å². The Morgan fingerprint density at radius 3 is 2.76 bits per heavy atom. The lowest BCUT2D eigenvalue weighted by Gasteiger charge is -2.33. The number of hydrazone groups is 1. The molecule has 1 aliphatic heterocycles. The predicted molar refractivity (Wildman–Crippen MR) is 129 cm³/mol. The number of rotatable bonds is 7. The van der Waals surface area contributed by atoms with Crippen LogP contribution in [0.1, 0.15) is 25.0 Å². The number of fused-ring (bicyclic) bond motifs is 1. The molecule has 0 bridgehead atoms. The summed E-state index contributed by atoms with van der Waals surface area (Å²) in [5.41, 5.74) is 3.81. The quantitative estimate of drug-likeness (QED) is 0.339. The third-order valence-corrected chi connectivity index (χ3v) is 5.35. The molecule has 3 aromatic rings.